The van der Waals surface area contributed by atoms with Gasteiger partial charge in [0, 0.05) is 17.7 Å². The van der Waals surface area contributed by atoms with Crippen molar-refractivity contribution in [2.45, 2.75) is 50.5 Å². The smallest absolute Gasteiger partial charge is 0.220 e. The van der Waals surface area contributed by atoms with E-state index in [1.54, 1.807) is 0 Å². The Morgan fingerprint density at radius 3 is 3.19 bits per heavy atom. The van der Waals surface area contributed by atoms with E-state index in [4.69, 9.17) is 5.73 Å². The normalized spacial score (nSPS) is 38.2. The van der Waals surface area contributed by atoms with E-state index in [0.717, 1.165) is 44.1 Å². The van der Waals surface area contributed by atoms with Gasteiger partial charge in [0.15, 0.2) is 0 Å². The van der Waals surface area contributed by atoms with Crippen molar-refractivity contribution in [3.63, 3.8) is 0 Å². The lowest BCUT2D eigenvalue weighted by atomic mass is 9.82. The SMILES string of the molecule is NC(=O)C1CCNC2(C1)CC2C[C@@H]1CCc2n[nH]cc2C1. The fourth-order valence-electron chi connectivity index (χ4n) is 4.60. The van der Waals surface area contributed by atoms with Gasteiger partial charge in [-0.2, -0.15) is 5.10 Å². The number of amides is 1. The molecule has 2 heterocycles. The van der Waals surface area contributed by atoms with Crippen molar-refractivity contribution < 1.29 is 4.79 Å². The van der Waals surface area contributed by atoms with E-state index in [0.29, 0.717) is 0 Å². The van der Waals surface area contributed by atoms with Crippen LogP contribution in [0.15, 0.2) is 6.20 Å². The van der Waals surface area contributed by atoms with Gasteiger partial charge < -0.3 is 11.1 Å². The minimum Gasteiger partial charge on any atom is -0.369 e. The number of carbonyl (C=O) groups is 1. The first-order valence-electron chi connectivity index (χ1n) is 8.22. The molecule has 1 saturated carbocycles. The second-order valence-electron chi connectivity index (χ2n) is 7.28. The number of aromatic nitrogens is 2. The molecule has 2 fully saturated rings. The third kappa shape index (κ3) is 2.37. The number of hydrogen-bond acceptors (Lipinski definition) is 3. The molecule has 3 unspecified atom stereocenters. The molecule has 4 N–H and O–H groups in total. The number of carbonyl (C=O) groups excluding carboxylic acids is 1. The summed E-state index contributed by atoms with van der Waals surface area (Å²) in [6.07, 6.45) is 9.96. The van der Waals surface area contributed by atoms with Crippen molar-refractivity contribution in [2.75, 3.05) is 6.54 Å². The van der Waals surface area contributed by atoms with Crippen LogP contribution < -0.4 is 11.1 Å². The Morgan fingerprint density at radius 1 is 1.43 bits per heavy atom. The average Bonchev–Trinajstić information content (AvgIpc) is 2.92. The van der Waals surface area contributed by atoms with Crippen molar-refractivity contribution in [3.8, 4) is 0 Å². The van der Waals surface area contributed by atoms with E-state index in [-0.39, 0.29) is 17.4 Å². The Kier molecular flexibility index (Phi) is 3.06. The number of aryl methyl sites for hydroxylation is 1. The molecule has 1 aliphatic heterocycles. The first-order chi connectivity index (χ1) is 10.2. The topological polar surface area (TPSA) is 83.8 Å². The second kappa shape index (κ2) is 4.83. The molecule has 0 aromatic carbocycles. The number of aromatic amines is 1. The Bertz CT molecular complexity index is 554. The van der Waals surface area contributed by atoms with Crippen LogP contribution in [0.3, 0.4) is 0 Å². The van der Waals surface area contributed by atoms with Gasteiger partial charge in [-0.3, -0.25) is 9.89 Å². The fourth-order valence-corrected chi connectivity index (χ4v) is 4.60. The van der Waals surface area contributed by atoms with Crippen LogP contribution in [-0.4, -0.2) is 28.2 Å². The number of nitrogens with one attached hydrogen (secondary N) is 2. The maximum Gasteiger partial charge on any atom is 0.220 e. The van der Waals surface area contributed by atoms with E-state index in [1.807, 2.05) is 0 Å². The van der Waals surface area contributed by atoms with Crippen molar-refractivity contribution in [2.24, 2.45) is 23.5 Å². The standard InChI is InChI=1S/C16H24N4O/c17-15(21)11-3-4-18-16(7-11)8-13(16)6-10-1-2-14-12(5-10)9-19-20-14/h9-11,13,18H,1-8H2,(H2,17,21)(H,19,20)/t10-,11?,13?,16?/m1/s1. The zero-order valence-electron chi connectivity index (χ0n) is 12.4. The van der Waals surface area contributed by atoms with E-state index in [9.17, 15) is 4.79 Å². The lowest BCUT2D eigenvalue weighted by molar-refractivity contribution is -0.123. The Morgan fingerprint density at radius 2 is 2.33 bits per heavy atom. The van der Waals surface area contributed by atoms with E-state index >= 15 is 0 Å². The van der Waals surface area contributed by atoms with E-state index in [2.05, 4.69) is 21.7 Å². The molecule has 1 aromatic heterocycles. The molecule has 2 aliphatic carbocycles. The molecule has 5 nitrogen and oxygen atoms in total. The van der Waals surface area contributed by atoms with Crippen LogP contribution in [0.2, 0.25) is 0 Å². The molecular formula is C16H24N4O. The minimum atomic E-state index is -0.109. The van der Waals surface area contributed by atoms with Gasteiger partial charge in [-0.1, -0.05) is 0 Å². The van der Waals surface area contributed by atoms with Crippen molar-refractivity contribution in [1.82, 2.24) is 15.5 Å². The number of primary amides is 1. The van der Waals surface area contributed by atoms with Crippen molar-refractivity contribution in [1.29, 1.82) is 0 Å². The van der Waals surface area contributed by atoms with Gasteiger partial charge in [0.25, 0.3) is 0 Å². The third-order valence-corrected chi connectivity index (χ3v) is 5.94. The first kappa shape index (κ1) is 13.3. The summed E-state index contributed by atoms with van der Waals surface area (Å²) in [6.45, 7) is 0.945. The zero-order chi connectivity index (χ0) is 14.4. The Labute approximate surface area is 125 Å². The summed E-state index contributed by atoms with van der Waals surface area (Å²) >= 11 is 0. The molecule has 114 valence electrons. The molecule has 1 aromatic rings. The van der Waals surface area contributed by atoms with E-state index in [1.165, 1.54) is 30.5 Å². The quantitative estimate of drug-likeness (QED) is 0.780. The molecule has 0 bridgehead atoms. The number of rotatable bonds is 3. The predicted octanol–water partition coefficient (Wildman–Crippen LogP) is 1.15. The summed E-state index contributed by atoms with van der Waals surface area (Å²) in [5.41, 5.74) is 8.42. The van der Waals surface area contributed by atoms with Gasteiger partial charge in [-0.25, -0.2) is 0 Å². The van der Waals surface area contributed by atoms with Crippen LogP contribution >= 0.6 is 0 Å². The van der Waals surface area contributed by atoms with Crippen LogP contribution in [0.1, 0.15) is 43.4 Å². The van der Waals surface area contributed by atoms with Crippen LogP contribution in [0.4, 0.5) is 0 Å². The third-order valence-electron chi connectivity index (χ3n) is 5.94. The van der Waals surface area contributed by atoms with Crippen LogP contribution in [0, 0.1) is 17.8 Å². The summed E-state index contributed by atoms with van der Waals surface area (Å²) in [7, 11) is 0. The monoisotopic (exact) mass is 288 g/mol. The zero-order valence-corrected chi connectivity index (χ0v) is 12.4. The number of nitrogens with two attached hydrogens (primary N) is 1. The van der Waals surface area contributed by atoms with Crippen molar-refractivity contribution >= 4 is 5.91 Å². The summed E-state index contributed by atoms with van der Waals surface area (Å²) in [5.74, 6) is 1.48. The highest BCUT2D eigenvalue weighted by atomic mass is 16.1. The Balaban J connectivity index is 1.36. The largest absolute Gasteiger partial charge is 0.369 e. The number of H-pyrrole nitrogens is 1. The lowest BCUT2D eigenvalue weighted by Crippen LogP contribution is -2.45. The molecular weight excluding hydrogens is 264 g/mol. The summed E-state index contributed by atoms with van der Waals surface area (Å²) in [5, 5.41) is 11.0. The highest BCUT2D eigenvalue weighted by molar-refractivity contribution is 5.77. The Hall–Kier alpha value is -1.36. The number of nitrogens with zero attached hydrogens (tertiary/aromatic N) is 1. The van der Waals surface area contributed by atoms with E-state index < -0.39 is 0 Å². The minimum absolute atomic E-state index is 0.0862. The number of piperidine rings is 1. The molecule has 5 heteroatoms. The molecule has 21 heavy (non-hydrogen) atoms. The van der Waals surface area contributed by atoms with Crippen LogP contribution in [-0.2, 0) is 17.6 Å². The van der Waals surface area contributed by atoms with Gasteiger partial charge in [0.05, 0.1) is 5.69 Å². The fraction of sp³-hybridized carbons (Fsp3) is 0.750. The number of fused-ring (bicyclic) bond motifs is 1. The highest BCUT2D eigenvalue weighted by Gasteiger charge is 2.56. The molecule has 1 saturated heterocycles. The second-order valence-corrected chi connectivity index (χ2v) is 7.28. The maximum absolute atomic E-state index is 11.5. The van der Waals surface area contributed by atoms with Gasteiger partial charge in [-0.15, -0.1) is 0 Å². The highest BCUT2D eigenvalue weighted by Crippen LogP contribution is 2.53. The first-order valence-corrected chi connectivity index (χ1v) is 8.22. The molecule has 1 amide bonds. The number of hydrogen-bond donors (Lipinski definition) is 3. The van der Waals surface area contributed by atoms with Crippen LogP contribution in [0.5, 0.6) is 0 Å². The molecule has 3 aliphatic rings. The van der Waals surface area contributed by atoms with Gasteiger partial charge >= 0.3 is 0 Å². The van der Waals surface area contributed by atoms with Gasteiger partial charge in [0.2, 0.25) is 5.91 Å². The summed E-state index contributed by atoms with van der Waals surface area (Å²) in [4.78, 5) is 11.5. The summed E-state index contributed by atoms with van der Waals surface area (Å²) in [6, 6.07) is 0. The van der Waals surface area contributed by atoms with Crippen LogP contribution in [0.25, 0.3) is 0 Å². The predicted molar refractivity (Wildman–Crippen MR) is 79.5 cm³/mol. The molecule has 4 rings (SSSR count). The van der Waals surface area contributed by atoms with Gasteiger partial charge in [-0.05, 0) is 68.9 Å². The average molecular weight is 288 g/mol. The molecule has 0 radical (unpaired) electrons. The molecule has 1 spiro atoms. The maximum atomic E-state index is 11.5. The lowest BCUT2D eigenvalue weighted by Gasteiger charge is -2.31. The van der Waals surface area contributed by atoms with Gasteiger partial charge in [0.1, 0.15) is 0 Å². The molecule has 4 atom stereocenters. The summed E-state index contributed by atoms with van der Waals surface area (Å²) < 4.78 is 0. The van der Waals surface area contributed by atoms with Crippen molar-refractivity contribution in [3.05, 3.63) is 17.5 Å².